The summed E-state index contributed by atoms with van der Waals surface area (Å²) in [5.41, 5.74) is 0.102. The minimum Gasteiger partial charge on any atom is -0.370 e. The van der Waals surface area contributed by atoms with Gasteiger partial charge in [-0.15, -0.1) is 0 Å². The molecule has 0 unspecified atom stereocenters. The van der Waals surface area contributed by atoms with Crippen molar-refractivity contribution < 1.29 is 26.4 Å². The molecule has 8 nitrogen and oxygen atoms in total. The number of nitrogens with one attached hydrogen (secondary N) is 2. The molecular formula is C28H27ClF3N5O3S. The average Bonchev–Trinajstić information content (AvgIpc) is 3.38. The van der Waals surface area contributed by atoms with Crippen LogP contribution < -0.4 is 14.9 Å². The number of benzene rings is 3. The largest absolute Gasteiger partial charge is 0.434 e. The fourth-order valence-electron chi connectivity index (χ4n) is 4.20. The van der Waals surface area contributed by atoms with Gasteiger partial charge in [-0.3, -0.25) is 4.79 Å². The van der Waals surface area contributed by atoms with E-state index in [0.29, 0.717) is 22.8 Å². The number of hydrogen-bond donors (Lipinski definition) is 2. The van der Waals surface area contributed by atoms with Gasteiger partial charge < -0.3 is 10.2 Å². The molecule has 216 valence electrons. The summed E-state index contributed by atoms with van der Waals surface area (Å²) in [7, 11) is -3.98. The van der Waals surface area contributed by atoms with Crippen molar-refractivity contribution in [3.63, 3.8) is 0 Å². The van der Waals surface area contributed by atoms with E-state index in [0.717, 1.165) is 17.4 Å². The Morgan fingerprint density at radius 3 is 2.41 bits per heavy atom. The number of amides is 1. The van der Waals surface area contributed by atoms with Crippen molar-refractivity contribution in [2.45, 2.75) is 24.9 Å². The number of nitrogens with zero attached hydrogens (tertiary/aromatic N) is 3. The standard InChI is InChI=1S/C28H27ClF3N5O3S/c1-3-36(23-8-4-6-19(2)16-23)15-14-34-41(39,40)24-9-5-7-21(17-24)35-27(38)25-18-33-37(26(25)28(30,31)32)22-12-10-20(29)11-13-22/h4-13,16-18,34H,3,14-15H2,1-2H3,(H,35,38). The first-order valence-electron chi connectivity index (χ1n) is 12.5. The van der Waals surface area contributed by atoms with Crippen LogP contribution in [0.25, 0.3) is 5.69 Å². The summed E-state index contributed by atoms with van der Waals surface area (Å²) >= 11 is 5.83. The van der Waals surface area contributed by atoms with E-state index < -0.39 is 33.4 Å². The Hall–Kier alpha value is -3.87. The fraction of sp³-hybridized carbons (Fsp3) is 0.214. The Morgan fingerprint density at radius 1 is 1.05 bits per heavy atom. The summed E-state index contributed by atoms with van der Waals surface area (Å²) in [5.74, 6) is -1.10. The van der Waals surface area contributed by atoms with Gasteiger partial charge in [0.1, 0.15) is 0 Å². The third kappa shape index (κ3) is 7.26. The monoisotopic (exact) mass is 605 g/mol. The van der Waals surface area contributed by atoms with Crippen LogP contribution in [0.15, 0.2) is 83.9 Å². The molecule has 0 radical (unpaired) electrons. The zero-order valence-electron chi connectivity index (χ0n) is 22.1. The van der Waals surface area contributed by atoms with Crippen LogP contribution in [-0.2, 0) is 16.2 Å². The van der Waals surface area contributed by atoms with Crippen molar-refractivity contribution in [3.05, 3.63) is 101 Å². The predicted octanol–water partition coefficient (Wildman–Crippen LogP) is 5.91. The molecule has 0 fully saturated rings. The van der Waals surface area contributed by atoms with Crippen LogP contribution >= 0.6 is 11.6 Å². The maximum Gasteiger partial charge on any atom is 0.434 e. The molecule has 0 saturated heterocycles. The van der Waals surface area contributed by atoms with Crippen molar-refractivity contribution in [3.8, 4) is 5.69 Å². The van der Waals surface area contributed by atoms with Gasteiger partial charge in [0.25, 0.3) is 5.91 Å². The van der Waals surface area contributed by atoms with Crippen LogP contribution in [0.5, 0.6) is 0 Å². The third-order valence-corrected chi connectivity index (χ3v) is 7.89. The molecule has 0 bridgehead atoms. The van der Waals surface area contributed by atoms with Gasteiger partial charge in [-0.2, -0.15) is 18.3 Å². The molecule has 41 heavy (non-hydrogen) atoms. The highest BCUT2D eigenvalue weighted by atomic mass is 35.5. The molecule has 3 aromatic carbocycles. The predicted molar refractivity (Wildman–Crippen MR) is 152 cm³/mol. The van der Waals surface area contributed by atoms with Crippen molar-refractivity contribution in [1.82, 2.24) is 14.5 Å². The molecule has 2 N–H and O–H groups in total. The van der Waals surface area contributed by atoms with E-state index in [1.165, 1.54) is 48.5 Å². The Bertz CT molecular complexity index is 1640. The molecule has 1 aromatic heterocycles. The summed E-state index contributed by atoms with van der Waals surface area (Å²) in [6.07, 6.45) is -4.11. The van der Waals surface area contributed by atoms with Crippen LogP contribution in [0.2, 0.25) is 5.02 Å². The third-order valence-electron chi connectivity index (χ3n) is 6.18. The summed E-state index contributed by atoms with van der Waals surface area (Å²) in [6.45, 7) is 5.13. The SMILES string of the molecule is CCN(CCNS(=O)(=O)c1cccc(NC(=O)c2cnn(-c3ccc(Cl)cc3)c2C(F)(F)F)c1)c1cccc(C)c1. The Labute approximate surface area is 240 Å². The maximum absolute atomic E-state index is 14.0. The summed E-state index contributed by atoms with van der Waals surface area (Å²) in [4.78, 5) is 14.8. The summed E-state index contributed by atoms with van der Waals surface area (Å²) in [5, 5.41) is 6.44. The molecule has 1 heterocycles. The minimum atomic E-state index is -4.91. The van der Waals surface area contributed by atoms with Crippen LogP contribution in [0.4, 0.5) is 24.5 Å². The van der Waals surface area contributed by atoms with Gasteiger partial charge in [-0.25, -0.2) is 17.8 Å². The van der Waals surface area contributed by atoms with Gasteiger partial charge >= 0.3 is 6.18 Å². The van der Waals surface area contributed by atoms with Crippen LogP contribution in [0, 0.1) is 6.92 Å². The van der Waals surface area contributed by atoms with Gasteiger partial charge in [-0.1, -0.05) is 29.8 Å². The van der Waals surface area contributed by atoms with Crippen molar-refractivity contribution in [2.75, 3.05) is 29.9 Å². The number of aryl methyl sites for hydroxylation is 1. The van der Waals surface area contributed by atoms with Crippen LogP contribution in [0.1, 0.15) is 28.5 Å². The first-order valence-corrected chi connectivity index (χ1v) is 14.4. The Kier molecular flexibility index (Phi) is 9.05. The highest BCUT2D eigenvalue weighted by Crippen LogP contribution is 2.34. The molecule has 13 heteroatoms. The average molecular weight is 606 g/mol. The minimum absolute atomic E-state index is 0.000174. The quantitative estimate of drug-likeness (QED) is 0.234. The van der Waals surface area contributed by atoms with Crippen molar-refractivity contribution >= 4 is 38.9 Å². The lowest BCUT2D eigenvalue weighted by Crippen LogP contribution is -2.35. The van der Waals surface area contributed by atoms with Gasteiger partial charge in [0, 0.05) is 36.0 Å². The molecular weight excluding hydrogens is 579 g/mol. The number of carbonyl (C=O) groups is 1. The normalized spacial score (nSPS) is 11.9. The van der Waals surface area contributed by atoms with E-state index in [1.807, 2.05) is 43.0 Å². The lowest BCUT2D eigenvalue weighted by Gasteiger charge is -2.23. The highest BCUT2D eigenvalue weighted by molar-refractivity contribution is 7.89. The number of sulfonamides is 1. The lowest BCUT2D eigenvalue weighted by molar-refractivity contribution is -0.143. The lowest BCUT2D eigenvalue weighted by atomic mass is 10.2. The van der Waals surface area contributed by atoms with Crippen LogP contribution in [-0.4, -0.2) is 43.7 Å². The Balaban J connectivity index is 1.49. The number of aromatic nitrogens is 2. The number of carbonyl (C=O) groups excluding carboxylic acids is 1. The molecule has 0 spiro atoms. The smallest absolute Gasteiger partial charge is 0.370 e. The van der Waals surface area contributed by atoms with E-state index in [1.54, 1.807) is 0 Å². The van der Waals surface area contributed by atoms with Crippen LogP contribution in [0.3, 0.4) is 0 Å². The molecule has 0 aliphatic heterocycles. The summed E-state index contributed by atoms with van der Waals surface area (Å²) < 4.78 is 71.0. The Morgan fingerprint density at radius 2 is 1.76 bits per heavy atom. The number of alkyl halides is 3. The molecule has 0 aliphatic carbocycles. The first kappa shape index (κ1) is 30.1. The van der Waals surface area contributed by atoms with Crippen molar-refractivity contribution in [1.29, 1.82) is 0 Å². The van der Waals surface area contributed by atoms with Gasteiger partial charge in [0.2, 0.25) is 10.0 Å². The number of hydrogen-bond acceptors (Lipinski definition) is 5. The second-order valence-corrected chi connectivity index (χ2v) is 11.3. The van der Waals surface area contributed by atoms with E-state index in [2.05, 4.69) is 15.1 Å². The first-order chi connectivity index (χ1) is 19.4. The van der Waals surface area contributed by atoms with Gasteiger partial charge in [-0.05, 0) is 74.0 Å². The number of anilines is 2. The van der Waals surface area contributed by atoms with E-state index in [-0.39, 0.29) is 22.8 Å². The molecule has 0 saturated carbocycles. The number of rotatable bonds is 10. The van der Waals surface area contributed by atoms with Gasteiger partial charge in [0.05, 0.1) is 22.3 Å². The number of halogens is 4. The maximum atomic E-state index is 14.0. The zero-order chi connectivity index (χ0) is 29.8. The van der Waals surface area contributed by atoms with E-state index in [9.17, 15) is 26.4 Å². The summed E-state index contributed by atoms with van der Waals surface area (Å²) in [6, 6.07) is 18.6. The number of likely N-dealkylation sites (N-methyl/N-ethyl adjacent to an activating group) is 1. The zero-order valence-corrected chi connectivity index (χ0v) is 23.7. The van der Waals surface area contributed by atoms with Crippen molar-refractivity contribution in [2.24, 2.45) is 0 Å². The molecule has 0 aliphatic rings. The topological polar surface area (TPSA) is 96.3 Å². The fourth-order valence-corrected chi connectivity index (χ4v) is 5.39. The van der Waals surface area contributed by atoms with E-state index in [4.69, 9.17) is 11.6 Å². The van der Waals surface area contributed by atoms with Gasteiger partial charge in [0.15, 0.2) is 5.69 Å². The molecule has 4 rings (SSSR count). The second kappa shape index (κ2) is 12.3. The molecule has 1 amide bonds. The molecule has 4 aromatic rings. The molecule has 0 atom stereocenters. The highest BCUT2D eigenvalue weighted by Gasteiger charge is 2.40. The second-order valence-electron chi connectivity index (χ2n) is 9.09. The van der Waals surface area contributed by atoms with E-state index >= 15 is 0 Å².